The third-order valence-corrected chi connectivity index (χ3v) is 7.16. The van der Waals surface area contributed by atoms with E-state index >= 15 is 0 Å². The standard InChI is InChI=1S/C29H25FN4O3/c1-2-15-31-27(35)20-8-4-6-10-23(20)34-28(36)24-16-21-19-7-3-5-9-22(19)32-25(21)26(33(24)29(34)37)17-11-13-18(30)14-12-17/h3-14,24,26,32H,2,15-16H2,1H3,(H,31,35)/t24-,26-/m0/s1. The van der Waals surface area contributed by atoms with Gasteiger partial charge in [0.2, 0.25) is 0 Å². The van der Waals surface area contributed by atoms with E-state index in [1.54, 1.807) is 41.3 Å². The van der Waals surface area contributed by atoms with Crippen LogP contribution in [-0.4, -0.2) is 40.3 Å². The van der Waals surface area contributed by atoms with Crippen molar-refractivity contribution < 1.29 is 18.8 Å². The van der Waals surface area contributed by atoms with E-state index in [1.807, 2.05) is 31.2 Å². The number of anilines is 1. The molecule has 2 N–H and O–H groups in total. The van der Waals surface area contributed by atoms with Crippen LogP contribution in [0.15, 0.2) is 72.8 Å². The second-order valence-corrected chi connectivity index (χ2v) is 9.37. The summed E-state index contributed by atoms with van der Waals surface area (Å²) < 4.78 is 13.8. The van der Waals surface area contributed by atoms with E-state index < -0.39 is 18.1 Å². The van der Waals surface area contributed by atoms with Gasteiger partial charge in [-0.3, -0.25) is 14.5 Å². The Morgan fingerprint density at radius 1 is 1.03 bits per heavy atom. The number of carbonyl (C=O) groups is 3. The first-order valence-electron chi connectivity index (χ1n) is 12.4. The minimum atomic E-state index is -0.763. The van der Waals surface area contributed by atoms with E-state index in [2.05, 4.69) is 10.3 Å². The highest BCUT2D eigenvalue weighted by molar-refractivity contribution is 6.24. The molecule has 0 spiro atoms. The minimum absolute atomic E-state index is 0.256. The van der Waals surface area contributed by atoms with E-state index in [9.17, 15) is 18.8 Å². The number of rotatable bonds is 5. The molecule has 0 unspecified atom stereocenters. The highest BCUT2D eigenvalue weighted by Gasteiger charge is 2.53. The lowest BCUT2D eigenvalue weighted by Gasteiger charge is -2.36. The molecule has 2 aliphatic rings. The molecule has 0 saturated carbocycles. The number of carbonyl (C=O) groups excluding carboxylic acids is 3. The molecule has 3 heterocycles. The summed E-state index contributed by atoms with van der Waals surface area (Å²) in [6, 6.07) is 18.6. The van der Waals surface area contributed by atoms with Crippen molar-refractivity contribution in [3.8, 4) is 0 Å². The van der Waals surface area contributed by atoms with Gasteiger partial charge >= 0.3 is 6.03 Å². The van der Waals surface area contributed by atoms with Gasteiger partial charge in [0, 0.05) is 29.6 Å². The second-order valence-electron chi connectivity index (χ2n) is 9.37. The molecule has 2 atom stereocenters. The predicted octanol–water partition coefficient (Wildman–Crippen LogP) is 4.93. The van der Waals surface area contributed by atoms with Crippen LogP contribution in [0.1, 0.15) is 46.6 Å². The highest BCUT2D eigenvalue weighted by Crippen LogP contribution is 2.45. The number of nitrogens with one attached hydrogen (secondary N) is 2. The van der Waals surface area contributed by atoms with Gasteiger partial charge in [0.15, 0.2) is 0 Å². The van der Waals surface area contributed by atoms with Crippen LogP contribution in [0.5, 0.6) is 0 Å². The monoisotopic (exact) mass is 496 g/mol. The normalized spacial score (nSPS) is 18.8. The SMILES string of the molecule is CCCNC(=O)c1ccccc1N1C(=O)[C@@H]2Cc3c([nH]c4ccccc34)[C@H](c3ccc(F)cc3)N2C1=O. The first kappa shape index (κ1) is 23.0. The minimum Gasteiger partial charge on any atom is -0.356 e. The largest absolute Gasteiger partial charge is 0.356 e. The molecule has 1 aromatic heterocycles. The molecule has 0 aliphatic carbocycles. The Hall–Kier alpha value is -4.46. The molecule has 186 valence electrons. The van der Waals surface area contributed by atoms with Crippen molar-refractivity contribution in [2.24, 2.45) is 0 Å². The molecule has 6 rings (SSSR count). The molecule has 37 heavy (non-hydrogen) atoms. The Kier molecular flexibility index (Phi) is 5.52. The molecule has 7 nitrogen and oxygen atoms in total. The molecule has 0 bridgehead atoms. The van der Waals surface area contributed by atoms with Gasteiger partial charge in [-0.2, -0.15) is 0 Å². The van der Waals surface area contributed by atoms with Crippen molar-refractivity contribution in [2.45, 2.75) is 31.8 Å². The summed E-state index contributed by atoms with van der Waals surface area (Å²) in [7, 11) is 0. The number of imide groups is 1. The van der Waals surface area contributed by atoms with Gasteiger partial charge in [-0.05, 0) is 47.9 Å². The van der Waals surface area contributed by atoms with Gasteiger partial charge in [0.05, 0.1) is 11.3 Å². The second kappa shape index (κ2) is 8.89. The number of aromatic nitrogens is 1. The van der Waals surface area contributed by atoms with Crippen molar-refractivity contribution in [3.05, 3.63) is 101 Å². The zero-order valence-corrected chi connectivity index (χ0v) is 20.2. The predicted molar refractivity (Wildman–Crippen MR) is 138 cm³/mol. The van der Waals surface area contributed by atoms with Gasteiger partial charge in [0.1, 0.15) is 17.9 Å². The van der Waals surface area contributed by atoms with Crippen molar-refractivity contribution in [3.63, 3.8) is 0 Å². The third-order valence-electron chi connectivity index (χ3n) is 7.16. The van der Waals surface area contributed by atoms with E-state index in [4.69, 9.17) is 0 Å². The number of hydrogen-bond acceptors (Lipinski definition) is 3. The molecule has 4 amide bonds. The van der Waals surface area contributed by atoms with Crippen molar-refractivity contribution in [1.29, 1.82) is 0 Å². The number of amides is 4. The molecular formula is C29H25FN4O3. The molecule has 4 aromatic rings. The molecule has 2 aliphatic heterocycles. The van der Waals surface area contributed by atoms with Crippen LogP contribution >= 0.6 is 0 Å². The zero-order chi connectivity index (χ0) is 25.7. The van der Waals surface area contributed by atoms with Crippen LogP contribution < -0.4 is 10.2 Å². The number of H-pyrrole nitrogens is 1. The summed E-state index contributed by atoms with van der Waals surface area (Å²) in [5.41, 5.74) is 3.89. The van der Waals surface area contributed by atoms with Gasteiger partial charge in [-0.25, -0.2) is 14.1 Å². The summed E-state index contributed by atoms with van der Waals surface area (Å²) in [6.45, 7) is 2.43. The summed E-state index contributed by atoms with van der Waals surface area (Å²) in [5.74, 6) is -1.11. The Balaban J connectivity index is 1.49. The first-order chi connectivity index (χ1) is 18.0. The smallest absolute Gasteiger partial charge is 0.332 e. The maximum atomic E-state index is 14.0. The summed E-state index contributed by atoms with van der Waals surface area (Å²) >= 11 is 0. The molecule has 0 radical (unpaired) electrons. The molecular weight excluding hydrogens is 471 g/mol. The van der Waals surface area contributed by atoms with E-state index in [0.29, 0.717) is 18.5 Å². The number of urea groups is 1. The Morgan fingerprint density at radius 3 is 2.54 bits per heavy atom. The van der Waals surface area contributed by atoms with Crippen LogP contribution in [0.3, 0.4) is 0 Å². The van der Waals surface area contributed by atoms with Crippen LogP contribution in [0.2, 0.25) is 0 Å². The number of halogens is 1. The van der Waals surface area contributed by atoms with Crippen LogP contribution in [-0.2, 0) is 11.2 Å². The maximum absolute atomic E-state index is 14.0. The third kappa shape index (κ3) is 3.59. The number of nitrogens with zero attached hydrogens (tertiary/aromatic N) is 2. The quantitative estimate of drug-likeness (QED) is 0.384. The van der Waals surface area contributed by atoms with E-state index in [1.165, 1.54) is 12.1 Å². The van der Waals surface area contributed by atoms with E-state index in [-0.39, 0.29) is 28.9 Å². The lowest BCUT2D eigenvalue weighted by molar-refractivity contribution is -0.120. The number of benzene rings is 3. The fourth-order valence-corrected chi connectivity index (χ4v) is 5.48. The van der Waals surface area contributed by atoms with Gasteiger partial charge in [0.25, 0.3) is 11.8 Å². The number of hydrogen-bond donors (Lipinski definition) is 2. The Bertz CT molecular complexity index is 1540. The summed E-state index contributed by atoms with van der Waals surface area (Å²) in [5, 5.41) is 3.82. The summed E-state index contributed by atoms with van der Waals surface area (Å²) in [6.07, 6.45) is 1.10. The lowest BCUT2D eigenvalue weighted by atomic mass is 9.89. The van der Waals surface area contributed by atoms with Gasteiger partial charge in [-0.15, -0.1) is 0 Å². The number of para-hydroxylation sites is 2. The lowest BCUT2D eigenvalue weighted by Crippen LogP contribution is -2.44. The average Bonchev–Trinajstić information content (AvgIpc) is 3.41. The van der Waals surface area contributed by atoms with Crippen LogP contribution in [0.25, 0.3) is 10.9 Å². The first-order valence-corrected chi connectivity index (χ1v) is 12.4. The maximum Gasteiger partial charge on any atom is 0.332 e. The Labute approximate surface area is 212 Å². The van der Waals surface area contributed by atoms with Crippen molar-refractivity contribution >= 4 is 34.4 Å². The number of aromatic amines is 1. The van der Waals surface area contributed by atoms with Gasteiger partial charge < -0.3 is 10.3 Å². The van der Waals surface area contributed by atoms with Crippen molar-refractivity contribution in [2.75, 3.05) is 11.4 Å². The molecule has 8 heteroatoms. The number of fused-ring (bicyclic) bond motifs is 4. The van der Waals surface area contributed by atoms with Crippen LogP contribution in [0.4, 0.5) is 14.9 Å². The zero-order valence-electron chi connectivity index (χ0n) is 20.2. The van der Waals surface area contributed by atoms with Gasteiger partial charge in [-0.1, -0.05) is 49.4 Å². The summed E-state index contributed by atoms with van der Waals surface area (Å²) in [4.78, 5) is 47.0. The fraction of sp³-hybridized carbons (Fsp3) is 0.207. The Morgan fingerprint density at radius 2 is 1.76 bits per heavy atom. The molecule has 3 aromatic carbocycles. The fourth-order valence-electron chi connectivity index (χ4n) is 5.48. The highest BCUT2D eigenvalue weighted by atomic mass is 19.1. The van der Waals surface area contributed by atoms with Crippen LogP contribution in [0, 0.1) is 5.82 Å². The molecule has 1 fully saturated rings. The van der Waals surface area contributed by atoms with Crippen molar-refractivity contribution in [1.82, 2.24) is 15.2 Å². The van der Waals surface area contributed by atoms with E-state index in [0.717, 1.165) is 33.5 Å². The molecule has 1 saturated heterocycles. The average molecular weight is 497 g/mol. The topological polar surface area (TPSA) is 85.5 Å².